The van der Waals surface area contributed by atoms with Crippen molar-refractivity contribution in [2.75, 3.05) is 6.61 Å². The summed E-state index contributed by atoms with van der Waals surface area (Å²) in [5.74, 6) is -4.67. The molecule has 0 unspecified atom stereocenters. The Bertz CT molecular complexity index is 569. The number of rotatable bonds is 6. The van der Waals surface area contributed by atoms with Gasteiger partial charge in [-0.2, -0.15) is 8.78 Å². The number of carbonyl (C=O) groups is 2. The van der Waals surface area contributed by atoms with Gasteiger partial charge in [-0.15, -0.1) is 0 Å². The van der Waals surface area contributed by atoms with Gasteiger partial charge in [-0.3, -0.25) is 4.79 Å². The molecule has 0 heterocycles. The fraction of sp³-hybridized carbons (Fsp3) is 0.231. The van der Waals surface area contributed by atoms with Crippen molar-refractivity contribution in [1.29, 1.82) is 0 Å². The molecule has 8 heteroatoms. The van der Waals surface area contributed by atoms with Crippen molar-refractivity contribution in [2.24, 2.45) is 0 Å². The van der Waals surface area contributed by atoms with E-state index < -0.39 is 35.7 Å². The summed E-state index contributed by atoms with van der Waals surface area (Å²) in [6, 6.07) is 2.35. The van der Waals surface area contributed by atoms with Crippen LogP contribution in [-0.4, -0.2) is 30.1 Å². The Morgan fingerprint density at radius 2 is 2.00 bits per heavy atom. The molecule has 1 rings (SSSR count). The van der Waals surface area contributed by atoms with Crippen molar-refractivity contribution in [3.8, 4) is 5.75 Å². The first-order chi connectivity index (χ1) is 9.83. The fourth-order valence-corrected chi connectivity index (χ4v) is 1.35. The monoisotopic (exact) mass is 304 g/mol. The summed E-state index contributed by atoms with van der Waals surface area (Å²) in [7, 11) is 0. The number of benzene rings is 1. The molecule has 0 aliphatic rings. The van der Waals surface area contributed by atoms with Crippen LogP contribution in [0.5, 0.6) is 5.75 Å². The minimum Gasteiger partial charge on any atom is -0.507 e. The molecule has 0 bridgehead atoms. The van der Waals surface area contributed by atoms with Gasteiger partial charge in [0.1, 0.15) is 17.3 Å². The Kier molecular flexibility index (Phi) is 5.77. The standard InChI is InChI=1S/C13H11F3O5/c1-2-20-12(19)11(18)6-10(17)7-3-8(14)5-9(4-7)21-13(15)16/h3-6,13,17H,2H2,1H3/b10-6-. The molecular weight excluding hydrogens is 293 g/mol. The lowest BCUT2D eigenvalue weighted by Gasteiger charge is -2.07. The average molecular weight is 304 g/mol. The fourth-order valence-electron chi connectivity index (χ4n) is 1.35. The second kappa shape index (κ2) is 7.32. The Morgan fingerprint density at radius 3 is 2.57 bits per heavy atom. The molecule has 114 valence electrons. The van der Waals surface area contributed by atoms with Crippen LogP contribution in [0.1, 0.15) is 12.5 Å². The summed E-state index contributed by atoms with van der Waals surface area (Å²) in [5.41, 5.74) is -0.303. The zero-order valence-corrected chi connectivity index (χ0v) is 10.8. The third-order valence-electron chi connectivity index (χ3n) is 2.14. The third-order valence-corrected chi connectivity index (χ3v) is 2.14. The molecule has 0 radical (unpaired) electrons. The van der Waals surface area contributed by atoms with Gasteiger partial charge >= 0.3 is 12.6 Å². The van der Waals surface area contributed by atoms with E-state index in [-0.39, 0.29) is 12.2 Å². The number of esters is 1. The lowest BCUT2D eigenvalue weighted by atomic mass is 10.1. The number of aliphatic hydroxyl groups is 1. The molecule has 1 aromatic carbocycles. The van der Waals surface area contributed by atoms with Crippen LogP contribution in [0.3, 0.4) is 0 Å². The summed E-state index contributed by atoms with van der Waals surface area (Å²) in [4.78, 5) is 22.4. The van der Waals surface area contributed by atoms with Crippen LogP contribution in [0.2, 0.25) is 0 Å². The van der Waals surface area contributed by atoms with Crippen molar-refractivity contribution in [3.63, 3.8) is 0 Å². The molecule has 1 aromatic rings. The summed E-state index contributed by atoms with van der Waals surface area (Å²) in [5, 5.41) is 9.61. The van der Waals surface area contributed by atoms with Crippen molar-refractivity contribution in [3.05, 3.63) is 35.7 Å². The summed E-state index contributed by atoms with van der Waals surface area (Å²) >= 11 is 0. The van der Waals surface area contributed by atoms with Gasteiger partial charge in [-0.05, 0) is 19.1 Å². The predicted octanol–water partition coefficient (Wildman–Crippen LogP) is 2.46. The molecule has 0 aliphatic carbocycles. The Labute approximate surface area is 117 Å². The van der Waals surface area contributed by atoms with Crippen LogP contribution in [-0.2, 0) is 14.3 Å². The number of hydrogen-bond acceptors (Lipinski definition) is 5. The molecule has 0 aromatic heterocycles. The number of alkyl halides is 2. The van der Waals surface area contributed by atoms with E-state index >= 15 is 0 Å². The van der Waals surface area contributed by atoms with Crippen molar-refractivity contribution >= 4 is 17.5 Å². The minimum absolute atomic E-state index is 0.0362. The highest BCUT2D eigenvalue weighted by Crippen LogP contribution is 2.22. The van der Waals surface area contributed by atoms with Crippen LogP contribution in [0, 0.1) is 5.82 Å². The number of ketones is 1. The van der Waals surface area contributed by atoms with Crippen LogP contribution >= 0.6 is 0 Å². The quantitative estimate of drug-likeness (QED) is 0.378. The van der Waals surface area contributed by atoms with E-state index in [0.29, 0.717) is 12.1 Å². The summed E-state index contributed by atoms with van der Waals surface area (Å²) in [6.45, 7) is -1.73. The van der Waals surface area contributed by atoms with Gasteiger partial charge < -0.3 is 14.6 Å². The van der Waals surface area contributed by atoms with Gasteiger partial charge in [0.15, 0.2) is 0 Å². The maximum atomic E-state index is 13.2. The number of ether oxygens (including phenoxy) is 2. The first-order valence-corrected chi connectivity index (χ1v) is 5.71. The second-order valence-electron chi connectivity index (χ2n) is 3.67. The highest BCUT2D eigenvalue weighted by atomic mass is 19.3. The van der Waals surface area contributed by atoms with Crippen molar-refractivity contribution in [2.45, 2.75) is 13.5 Å². The highest BCUT2D eigenvalue weighted by molar-refractivity contribution is 6.39. The second-order valence-corrected chi connectivity index (χ2v) is 3.67. The zero-order chi connectivity index (χ0) is 16.0. The topological polar surface area (TPSA) is 72.8 Å². The highest BCUT2D eigenvalue weighted by Gasteiger charge is 2.15. The van der Waals surface area contributed by atoms with Crippen LogP contribution in [0.25, 0.3) is 5.76 Å². The normalized spacial score (nSPS) is 11.4. The van der Waals surface area contributed by atoms with E-state index in [9.17, 15) is 27.9 Å². The smallest absolute Gasteiger partial charge is 0.387 e. The molecule has 0 saturated heterocycles. The van der Waals surface area contributed by atoms with Crippen LogP contribution in [0.15, 0.2) is 24.3 Å². The van der Waals surface area contributed by atoms with Crippen molar-refractivity contribution < 1.29 is 37.3 Å². The molecule has 1 N–H and O–H groups in total. The van der Waals surface area contributed by atoms with E-state index in [4.69, 9.17) is 0 Å². The van der Waals surface area contributed by atoms with Gasteiger partial charge in [0.25, 0.3) is 5.78 Å². The molecule has 0 aliphatic heterocycles. The van der Waals surface area contributed by atoms with Gasteiger partial charge in [0.2, 0.25) is 0 Å². The molecule has 0 saturated carbocycles. The Morgan fingerprint density at radius 1 is 1.33 bits per heavy atom. The predicted molar refractivity (Wildman–Crippen MR) is 65.3 cm³/mol. The lowest BCUT2D eigenvalue weighted by Crippen LogP contribution is -2.15. The van der Waals surface area contributed by atoms with Gasteiger partial charge in [-0.1, -0.05) is 0 Å². The van der Waals surface area contributed by atoms with E-state index in [1.807, 2.05) is 0 Å². The SMILES string of the molecule is CCOC(=O)C(=O)/C=C(\O)c1cc(F)cc(OC(F)F)c1. The first kappa shape index (κ1) is 16.5. The number of carbonyl (C=O) groups excluding carboxylic acids is 2. The molecule has 0 atom stereocenters. The lowest BCUT2D eigenvalue weighted by molar-refractivity contribution is -0.151. The molecular formula is C13H11F3O5. The van der Waals surface area contributed by atoms with Crippen LogP contribution < -0.4 is 4.74 Å². The largest absolute Gasteiger partial charge is 0.507 e. The van der Waals surface area contributed by atoms with Crippen LogP contribution in [0.4, 0.5) is 13.2 Å². The Balaban J connectivity index is 3.01. The number of hydrogen-bond donors (Lipinski definition) is 1. The molecule has 0 fully saturated rings. The summed E-state index contributed by atoms with van der Waals surface area (Å²) < 4.78 is 45.7. The van der Waals surface area contributed by atoms with Gasteiger partial charge in [0.05, 0.1) is 6.61 Å². The van der Waals surface area contributed by atoms with Gasteiger partial charge in [-0.25, -0.2) is 9.18 Å². The average Bonchev–Trinajstić information content (AvgIpc) is 2.37. The maximum Gasteiger partial charge on any atom is 0.387 e. The Hall–Kier alpha value is -2.51. The molecule has 5 nitrogen and oxygen atoms in total. The third kappa shape index (κ3) is 5.17. The maximum absolute atomic E-state index is 13.2. The van der Waals surface area contributed by atoms with E-state index in [1.165, 1.54) is 6.92 Å². The van der Waals surface area contributed by atoms with E-state index in [0.717, 1.165) is 12.1 Å². The molecule has 0 amide bonds. The van der Waals surface area contributed by atoms with Crippen molar-refractivity contribution in [1.82, 2.24) is 0 Å². The van der Waals surface area contributed by atoms with Gasteiger partial charge in [0, 0.05) is 17.7 Å². The van der Waals surface area contributed by atoms with E-state index in [1.54, 1.807) is 0 Å². The van der Waals surface area contributed by atoms with E-state index in [2.05, 4.69) is 9.47 Å². The first-order valence-electron chi connectivity index (χ1n) is 5.71. The molecule has 0 spiro atoms. The number of halogens is 3. The number of aliphatic hydroxyl groups excluding tert-OH is 1. The zero-order valence-electron chi connectivity index (χ0n) is 10.8. The summed E-state index contributed by atoms with van der Waals surface area (Å²) in [6.07, 6.45) is 0.499. The molecule has 21 heavy (non-hydrogen) atoms. The minimum atomic E-state index is -3.17.